The highest BCUT2D eigenvalue weighted by Crippen LogP contribution is 2.20. The van der Waals surface area contributed by atoms with Gasteiger partial charge in [0.2, 0.25) is 5.95 Å². The van der Waals surface area contributed by atoms with E-state index >= 15 is 0 Å². The SMILES string of the molecule is Nc1nc(N)c2c(C=C=O)[nH]nc2n1. The van der Waals surface area contributed by atoms with Gasteiger partial charge in [-0.25, -0.2) is 4.79 Å². The second-order valence-corrected chi connectivity index (χ2v) is 2.57. The van der Waals surface area contributed by atoms with Crippen LogP contribution < -0.4 is 11.5 Å². The summed E-state index contributed by atoms with van der Waals surface area (Å²) in [6.45, 7) is 0. The Balaban J connectivity index is 2.85. The molecular formula is C7H6N6O. The number of nitrogens with zero attached hydrogens (tertiary/aromatic N) is 3. The molecule has 0 saturated heterocycles. The lowest BCUT2D eigenvalue weighted by atomic mass is 10.3. The summed E-state index contributed by atoms with van der Waals surface area (Å²) in [4.78, 5) is 17.7. The van der Waals surface area contributed by atoms with Gasteiger partial charge in [0, 0.05) is 6.08 Å². The number of aromatic nitrogens is 4. The molecule has 0 amide bonds. The summed E-state index contributed by atoms with van der Waals surface area (Å²) < 4.78 is 0. The number of nitrogens with two attached hydrogens (primary N) is 2. The quantitative estimate of drug-likeness (QED) is 0.514. The Hall–Kier alpha value is -2.40. The van der Waals surface area contributed by atoms with Crippen molar-refractivity contribution in [3.63, 3.8) is 0 Å². The van der Waals surface area contributed by atoms with E-state index in [1.165, 1.54) is 6.08 Å². The van der Waals surface area contributed by atoms with E-state index in [-0.39, 0.29) is 11.8 Å². The van der Waals surface area contributed by atoms with Gasteiger partial charge in [0.05, 0.1) is 11.1 Å². The van der Waals surface area contributed by atoms with E-state index in [0.29, 0.717) is 16.7 Å². The van der Waals surface area contributed by atoms with Crippen molar-refractivity contribution >= 4 is 34.8 Å². The molecule has 2 aromatic rings. The van der Waals surface area contributed by atoms with Crippen LogP contribution in [0.3, 0.4) is 0 Å². The molecular weight excluding hydrogens is 184 g/mol. The first-order chi connectivity index (χ1) is 6.72. The first-order valence-corrected chi connectivity index (χ1v) is 3.70. The third kappa shape index (κ3) is 1.08. The monoisotopic (exact) mass is 190 g/mol. The van der Waals surface area contributed by atoms with Gasteiger partial charge in [-0.3, -0.25) is 5.10 Å². The fourth-order valence-electron chi connectivity index (χ4n) is 1.16. The van der Waals surface area contributed by atoms with E-state index in [1.54, 1.807) is 5.94 Å². The molecule has 0 aliphatic rings. The van der Waals surface area contributed by atoms with Crippen LogP contribution in [-0.2, 0) is 4.79 Å². The fraction of sp³-hybridized carbons (Fsp3) is 0. The van der Waals surface area contributed by atoms with E-state index in [0.717, 1.165) is 0 Å². The molecule has 0 unspecified atom stereocenters. The molecule has 2 heterocycles. The number of carbonyl (C=O) groups excluding carboxylic acids is 1. The minimum absolute atomic E-state index is 0.0446. The van der Waals surface area contributed by atoms with E-state index in [9.17, 15) is 4.79 Å². The van der Waals surface area contributed by atoms with Gasteiger partial charge < -0.3 is 11.5 Å². The molecule has 7 nitrogen and oxygen atoms in total. The summed E-state index contributed by atoms with van der Waals surface area (Å²) >= 11 is 0. The summed E-state index contributed by atoms with van der Waals surface area (Å²) in [5.74, 6) is 1.84. The van der Waals surface area contributed by atoms with Gasteiger partial charge in [-0.2, -0.15) is 15.1 Å². The van der Waals surface area contributed by atoms with Crippen LogP contribution >= 0.6 is 0 Å². The maximum Gasteiger partial charge on any atom is 0.224 e. The van der Waals surface area contributed by atoms with E-state index in [1.807, 2.05) is 0 Å². The average molecular weight is 190 g/mol. The van der Waals surface area contributed by atoms with Crippen molar-refractivity contribution in [3.8, 4) is 0 Å². The minimum atomic E-state index is 0.0446. The first kappa shape index (κ1) is 8.21. The maximum absolute atomic E-state index is 10.2. The second kappa shape index (κ2) is 2.82. The number of anilines is 2. The molecule has 0 fully saturated rings. The molecule has 7 heteroatoms. The molecule has 0 spiro atoms. The number of fused-ring (bicyclic) bond motifs is 1. The smallest absolute Gasteiger partial charge is 0.224 e. The lowest BCUT2D eigenvalue weighted by Gasteiger charge is -1.95. The van der Waals surface area contributed by atoms with Crippen LogP contribution in [0.5, 0.6) is 0 Å². The molecule has 0 atom stereocenters. The Morgan fingerprint density at radius 3 is 2.86 bits per heavy atom. The zero-order chi connectivity index (χ0) is 10.1. The standard InChI is InChI=1S/C7H6N6O/c8-5-4-3(1-2-14)12-13-6(4)11-7(9)10-5/h1H,(H5,8,9,10,11,12,13). The first-order valence-electron chi connectivity index (χ1n) is 3.70. The van der Waals surface area contributed by atoms with Crippen molar-refractivity contribution in [2.24, 2.45) is 0 Å². The van der Waals surface area contributed by atoms with Crippen molar-refractivity contribution < 1.29 is 4.79 Å². The molecule has 0 aromatic carbocycles. The van der Waals surface area contributed by atoms with Crippen molar-refractivity contribution in [1.29, 1.82) is 0 Å². The van der Waals surface area contributed by atoms with Crippen LogP contribution in [0.25, 0.3) is 17.1 Å². The molecule has 0 aliphatic heterocycles. The van der Waals surface area contributed by atoms with Gasteiger partial charge in [-0.1, -0.05) is 0 Å². The van der Waals surface area contributed by atoms with Gasteiger partial charge >= 0.3 is 0 Å². The van der Waals surface area contributed by atoms with Gasteiger partial charge in [0.15, 0.2) is 5.65 Å². The van der Waals surface area contributed by atoms with Gasteiger partial charge in [0.1, 0.15) is 11.8 Å². The minimum Gasteiger partial charge on any atom is -0.383 e. The van der Waals surface area contributed by atoms with Crippen LogP contribution in [0.1, 0.15) is 5.69 Å². The zero-order valence-electron chi connectivity index (χ0n) is 6.98. The highest BCUT2D eigenvalue weighted by atomic mass is 16.1. The largest absolute Gasteiger partial charge is 0.383 e. The fourth-order valence-corrected chi connectivity index (χ4v) is 1.16. The Bertz CT molecular complexity index is 538. The van der Waals surface area contributed by atoms with Crippen LogP contribution in [0.4, 0.5) is 11.8 Å². The number of hydrogen-bond donors (Lipinski definition) is 3. The molecule has 0 saturated carbocycles. The summed E-state index contributed by atoms with van der Waals surface area (Å²) in [7, 11) is 0. The molecule has 5 N–H and O–H groups in total. The average Bonchev–Trinajstić information content (AvgIpc) is 2.49. The highest BCUT2D eigenvalue weighted by molar-refractivity contribution is 5.96. The summed E-state index contributed by atoms with van der Waals surface area (Å²) in [6.07, 6.45) is 1.17. The topological polar surface area (TPSA) is 124 Å². The summed E-state index contributed by atoms with van der Waals surface area (Å²) in [6, 6.07) is 0. The second-order valence-electron chi connectivity index (χ2n) is 2.57. The zero-order valence-corrected chi connectivity index (χ0v) is 6.98. The van der Waals surface area contributed by atoms with E-state index in [2.05, 4.69) is 20.2 Å². The molecule has 70 valence electrons. The summed E-state index contributed by atoms with van der Waals surface area (Å²) in [5.41, 5.74) is 11.7. The van der Waals surface area contributed by atoms with Crippen molar-refractivity contribution in [1.82, 2.24) is 20.2 Å². The third-order valence-electron chi connectivity index (χ3n) is 1.69. The van der Waals surface area contributed by atoms with E-state index < -0.39 is 0 Å². The number of rotatable bonds is 1. The Kier molecular flexibility index (Phi) is 1.66. The number of nitrogen functional groups attached to an aromatic ring is 2. The Morgan fingerprint density at radius 2 is 2.14 bits per heavy atom. The Morgan fingerprint density at radius 1 is 1.36 bits per heavy atom. The van der Waals surface area contributed by atoms with Crippen LogP contribution in [-0.4, -0.2) is 26.1 Å². The molecule has 2 aromatic heterocycles. The number of nitrogens with one attached hydrogen (secondary N) is 1. The molecule has 14 heavy (non-hydrogen) atoms. The van der Waals surface area contributed by atoms with Gasteiger partial charge in [0.25, 0.3) is 0 Å². The van der Waals surface area contributed by atoms with E-state index in [4.69, 9.17) is 11.5 Å². The number of aromatic amines is 1. The van der Waals surface area contributed by atoms with Crippen molar-refractivity contribution in [3.05, 3.63) is 5.69 Å². The van der Waals surface area contributed by atoms with Crippen molar-refractivity contribution in [2.45, 2.75) is 0 Å². The predicted molar refractivity (Wildman–Crippen MR) is 50.7 cm³/mol. The number of H-pyrrole nitrogens is 1. The number of hydrogen-bond acceptors (Lipinski definition) is 6. The maximum atomic E-state index is 10.2. The van der Waals surface area contributed by atoms with Crippen LogP contribution in [0.15, 0.2) is 0 Å². The van der Waals surface area contributed by atoms with Gasteiger partial charge in [-0.15, -0.1) is 0 Å². The lowest BCUT2D eigenvalue weighted by Crippen LogP contribution is -1.99. The summed E-state index contributed by atoms with van der Waals surface area (Å²) in [5, 5.41) is 6.86. The molecule has 0 radical (unpaired) electrons. The highest BCUT2D eigenvalue weighted by Gasteiger charge is 2.10. The normalized spacial score (nSPS) is 10.0. The van der Waals surface area contributed by atoms with Crippen molar-refractivity contribution in [2.75, 3.05) is 11.5 Å². The molecule has 2 rings (SSSR count). The lowest BCUT2D eigenvalue weighted by molar-refractivity contribution is 0.570. The van der Waals surface area contributed by atoms with Crippen LogP contribution in [0.2, 0.25) is 0 Å². The third-order valence-corrected chi connectivity index (χ3v) is 1.69. The Labute approximate surface area is 77.8 Å². The molecule has 0 aliphatic carbocycles. The predicted octanol–water partition coefficient (Wildman–Crippen LogP) is -0.638. The van der Waals surface area contributed by atoms with Gasteiger partial charge in [-0.05, 0) is 0 Å². The molecule has 0 bridgehead atoms. The van der Waals surface area contributed by atoms with Crippen LogP contribution in [0, 0.1) is 0 Å².